The maximum atomic E-state index is 11.7. The van der Waals surface area contributed by atoms with Crippen LogP contribution in [0.1, 0.15) is 32.1 Å². The summed E-state index contributed by atoms with van der Waals surface area (Å²) in [5.74, 6) is 1.21. The van der Waals surface area contributed by atoms with E-state index < -0.39 is 0 Å². The topological polar surface area (TPSA) is 76.7 Å². The average Bonchev–Trinajstić information content (AvgIpc) is 3.12. The summed E-state index contributed by atoms with van der Waals surface area (Å²) in [7, 11) is 0. The Morgan fingerprint density at radius 2 is 1.64 bits per heavy atom. The Kier molecular flexibility index (Phi) is 8.83. The predicted octanol–water partition coefficient (Wildman–Crippen LogP) is 1.89. The first-order chi connectivity index (χ1) is 12.2. The van der Waals surface area contributed by atoms with Crippen LogP contribution in [0.4, 0.5) is 0 Å². The van der Waals surface area contributed by atoms with E-state index in [0.29, 0.717) is 38.6 Å². The van der Waals surface area contributed by atoms with E-state index in [1.165, 1.54) is 12.8 Å². The highest BCUT2D eigenvalue weighted by Gasteiger charge is 2.17. The van der Waals surface area contributed by atoms with Crippen molar-refractivity contribution in [3.8, 4) is 5.75 Å². The van der Waals surface area contributed by atoms with Crippen molar-refractivity contribution in [3.63, 3.8) is 0 Å². The van der Waals surface area contributed by atoms with Crippen molar-refractivity contribution in [2.45, 2.75) is 32.1 Å². The van der Waals surface area contributed by atoms with Gasteiger partial charge in [0.25, 0.3) is 0 Å². The quantitative estimate of drug-likeness (QED) is 0.599. The van der Waals surface area contributed by atoms with Gasteiger partial charge in [-0.3, -0.25) is 9.59 Å². The zero-order valence-corrected chi connectivity index (χ0v) is 14.7. The van der Waals surface area contributed by atoms with Crippen molar-refractivity contribution in [1.82, 2.24) is 10.6 Å². The molecule has 0 unspecified atom stereocenters. The van der Waals surface area contributed by atoms with E-state index in [1.807, 2.05) is 30.3 Å². The zero-order valence-electron chi connectivity index (χ0n) is 14.7. The van der Waals surface area contributed by atoms with Crippen molar-refractivity contribution < 1.29 is 19.1 Å². The number of nitrogens with one attached hydrogen (secondary N) is 2. The molecule has 1 aliphatic rings. The van der Waals surface area contributed by atoms with Crippen LogP contribution in [-0.2, 0) is 14.3 Å². The number of ether oxygens (including phenoxy) is 2. The van der Waals surface area contributed by atoms with E-state index in [-0.39, 0.29) is 18.4 Å². The van der Waals surface area contributed by atoms with Crippen LogP contribution >= 0.6 is 0 Å². The lowest BCUT2D eigenvalue weighted by atomic mass is 10.0. The molecule has 0 heterocycles. The van der Waals surface area contributed by atoms with Gasteiger partial charge in [-0.2, -0.15) is 0 Å². The Labute approximate surface area is 149 Å². The van der Waals surface area contributed by atoms with Gasteiger partial charge in [-0.15, -0.1) is 0 Å². The van der Waals surface area contributed by atoms with Crippen molar-refractivity contribution in [2.75, 3.05) is 32.9 Å². The van der Waals surface area contributed by atoms with Crippen molar-refractivity contribution in [2.24, 2.45) is 5.92 Å². The van der Waals surface area contributed by atoms with Crippen LogP contribution in [-0.4, -0.2) is 44.7 Å². The smallest absolute Gasteiger partial charge is 0.246 e. The Bertz CT molecular complexity index is 515. The minimum Gasteiger partial charge on any atom is -0.491 e. The molecular weight excluding hydrogens is 320 g/mol. The van der Waals surface area contributed by atoms with Crippen LogP contribution in [0.15, 0.2) is 30.3 Å². The van der Waals surface area contributed by atoms with Crippen molar-refractivity contribution in [1.29, 1.82) is 0 Å². The molecule has 6 heteroatoms. The molecule has 138 valence electrons. The fourth-order valence-corrected chi connectivity index (χ4v) is 2.90. The third kappa shape index (κ3) is 8.54. The molecule has 1 aromatic carbocycles. The average molecular weight is 348 g/mol. The van der Waals surface area contributed by atoms with E-state index >= 15 is 0 Å². The van der Waals surface area contributed by atoms with Crippen molar-refractivity contribution in [3.05, 3.63) is 30.3 Å². The molecule has 0 aliphatic heterocycles. The van der Waals surface area contributed by atoms with Crippen LogP contribution in [0.2, 0.25) is 0 Å². The number of para-hydroxylation sites is 1. The second-order valence-corrected chi connectivity index (χ2v) is 6.27. The fraction of sp³-hybridized carbons (Fsp3) is 0.579. The minimum absolute atomic E-state index is 0.00578. The van der Waals surface area contributed by atoms with Gasteiger partial charge in [-0.1, -0.05) is 31.0 Å². The number of carbonyl (C=O) groups excluding carboxylic acids is 2. The van der Waals surface area contributed by atoms with Gasteiger partial charge in [0.1, 0.15) is 19.0 Å². The maximum Gasteiger partial charge on any atom is 0.246 e. The van der Waals surface area contributed by atoms with Crippen molar-refractivity contribution >= 4 is 11.8 Å². The van der Waals surface area contributed by atoms with Crippen LogP contribution in [0, 0.1) is 5.92 Å². The summed E-state index contributed by atoms with van der Waals surface area (Å²) >= 11 is 0. The summed E-state index contributed by atoms with van der Waals surface area (Å²) in [6.07, 6.45) is 5.41. The SMILES string of the molecule is O=C(COCCOc1ccccc1)NCCNC(=O)CC1CCCC1. The number of carbonyl (C=O) groups is 2. The number of rotatable bonds is 11. The maximum absolute atomic E-state index is 11.7. The molecule has 0 bridgehead atoms. The first kappa shape index (κ1) is 19.2. The minimum atomic E-state index is -0.190. The van der Waals surface area contributed by atoms with Crippen LogP contribution in [0.3, 0.4) is 0 Å². The molecule has 1 aromatic rings. The highest BCUT2D eigenvalue weighted by molar-refractivity contribution is 5.77. The Hall–Kier alpha value is -2.08. The normalized spacial score (nSPS) is 14.2. The first-order valence-corrected chi connectivity index (χ1v) is 9.03. The lowest BCUT2D eigenvalue weighted by molar-refractivity contribution is -0.126. The van der Waals surface area contributed by atoms with Gasteiger partial charge in [0.15, 0.2) is 0 Å². The van der Waals surface area contributed by atoms with Gasteiger partial charge in [-0.25, -0.2) is 0 Å². The van der Waals surface area contributed by atoms with E-state index in [1.54, 1.807) is 0 Å². The predicted molar refractivity (Wildman–Crippen MR) is 95.4 cm³/mol. The molecule has 1 fully saturated rings. The molecule has 6 nitrogen and oxygen atoms in total. The summed E-state index contributed by atoms with van der Waals surface area (Å²) in [6.45, 7) is 1.61. The first-order valence-electron chi connectivity index (χ1n) is 9.03. The highest BCUT2D eigenvalue weighted by Crippen LogP contribution is 2.27. The molecule has 2 N–H and O–H groups in total. The molecule has 2 rings (SSSR count). The molecule has 2 amide bonds. The Morgan fingerprint density at radius 3 is 2.36 bits per heavy atom. The summed E-state index contributed by atoms with van der Waals surface area (Å²) in [6, 6.07) is 9.46. The number of amides is 2. The summed E-state index contributed by atoms with van der Waals surface area (Å²) in [4.78, 5) is 23.4. The Morgan fingerprint density at radius 1 is 0.960 bits per heavy atom. The molecule has 0 atom stereocenters. The van der Waals surface area contributed by atoms with Gasteiger partial charge in [0.2, 0.25) is 11.8 Å². The van der Waals surface area contributed by atoms with Crippen LogP contribution in [0.5, 0.6) is 5.75 Å². The summed E-state index contributed by atoms with van der Waals surface area (Å²) in [5.41, 5.74) is 0. The second kappa shape index (κ2) is 11.5. The van der Waals surface area contributed by atoms with Crippen LogP contribution < -0.4 is 15.4 Å². The molecule has 0 spiro atoms. The van der Waals surface area contributed by atoms with E-state index in [2.05, 4.69) is 10.6 Å². The van der Waals surface area contributed by atoms with Gasteiger partial charge < -0.3 is 20.1 Å². The standard InChI is InChI=1S/C19H28N2O4/c22-18(14-16-6-4-5-7-16)20-10-11-21-19(23)15-24-12-13-25-17-8-2-1-3-9-17/h1-3,8-9,16H,4-7,10-15H2,(H,20,22)(H,21,23). The van der Waals surface area contributed by atoms with E-state index in [4.69, 9.17) is 9.47 Å². The molecule has 0 saturated heterocycles. The third-order valence-electron chi connectivity index (χ3n) is 4.19. The zero-order chi connectivity index (χ0) is 17.7. The van der Waals surface area contributed by atoms with E-state index in [9.17, 15) is 9.59 Å². The monoisotopic (exact) mass is 348 g/mol. The number of hydrogen-bond donors (Lipinski definition) is 2. The molecule has 0 radical (unpaired) electrons. The highest BCUT2D eigenvalue weighted by atomic mass is 16.5. The Balaban J connectivity index is 1.41. The van der Waals surface area contributed by atoms with Gasteiger partial charge in [0, 0.05) is 19.5 Å². The summed E-state index contributed by atoms with van der Waals surface area (Å²) in [5, 5.41) is 5.57. The second-order valence-electron chi connectivity index (χ2n) is 6.27. The fourth-order valence-electron chi connectivity index (χ4n) is 2.90. The lowest BCUT2D eigenvalue weighted by Gasteiger charge is -2.10. The molecule has 1 saturated carbocycles. The number of hydrogen-bond acceptors (Lipinski definition) is 4. The molecule has 25 heavy (non-hydrogen) atoms. The third-order valence-corrected chi connectivity index (χ3v) is 4.19. The van der Waals surface area contributed by atoms with Gasteiger partial charge in [-0.05, 0) is 30.9 Å². The molecule has 0 aromatic heterocycles. The number of benzene rings is 1. The largest absolute Gasteiger partial charge is 0.491 e. The molecule has 1 aliphatic carbocycles. The lowest BCUT2D eigenvalue weighted by Crippen LogP contribution is -2.36. The molecular formula is C19H28N2O4. The van der Waals surface area contributed by atoms with E-state index in [0.717, 1.165) is 18.6 Å². The van der Waals surface area contributed by atoms with Gasteiger partial charge in [0.05, 0.1) is 6.61 Å². The van der Waals surface area contributed by atoms with Crippen LogP contribution in [0.25, 0.3) is 0 Å². The summed E-state index contributed by atoms with van der Waals surface area (Å²) < 4.78 is 10.7. The van der Waals surface area contributed by atoms with Gasteiger partial charge >= 0.3 is 0 Å².